The van der Waals surface area contributed by atoms with Crippen molar-refractivity contribution in [1.29, 1.82) is 0 Å². The van der Waals surface area contributed by atoms with E-state index in [4.69, 9.17) is 4.42 Å². The lowest BCUT2D eigenvalue weighted by atomic mass is 10.3. The first-order chi connectivity index (χ1) is 11.4. The molecule has 0 atom stereocenters. The van der Waals surface area contributed by atoms with Crippen LogP contribution < -0.4 is 5.32 Å². The summed E-state index contributed by atoms with van der Waals surface area (Å²) in [5.74, 6) is 0.599. The third kappa shape index (κ3) is 5.36. The van der Waals surface area contributed by atoms with Crippen molar-refractivity contribution in [3.63, 3.8) is 0 Å². The van der Waals surface area contributed by atoms with Crippen molar-refractivity contribution in [2.45, 2.75) is 5.51 Å². The second kappa shape index (κ2) is 8.32. The Morgan fingerprint density at radius 2 is 2.00 bits per heavy atom. The largest absolute Gasteiger partial charge is 0.459 e. The van der Waals surface area contributed by atoms with Gasteiger partial charge in [0.15, 0.2) is 11.7 Å². The molecule has 1 aliphatic rings. The van der Waals surface area contributed by atoms with Crippen LogP contribution in [0.25, 0.3) is 0 Å². The van der Waals surface area contributed by atoms with E-state index in [9.17, 15) is 18.0 Å². The Bertz CT molecular complexity index is 555. The second-order valence-corrected chi connectivity index (χ2v) is 6.18. The molecule has 1 aliphatic heterocycles. The van der Waals surface area contributed by atoms with Gasteiger partial charge in [-0.15, -0.1) is 0 Å². The smallest absolute Gasteiger partial charge is 0.441 e. The molecule has 134 valence electrons. The number of rotatable bonds is 4. The van der Waals surface area contributed by atoms with Crippen LogP contribution in [0.3, 0.4) is 0 Å². The third-order valence-corrected chi connectivity index (χ3v) is 4.20. The van der Waals surface area contributed by atoms with Gasteiger partial charge in [-0.05, 0) is 23.9 Å². The Labute approximate surface area is 142 Å². The number of nitrogens with zero attached hydrogens (tertiary/aromatic N) is 3. The average molecular weight is 364 g/mol. The monoisotopic (exact) mass is 364 g/mol. The van der Waals surface area contributed by atoms with Gasteiger partial charge in [-0.3, -0.25) is 9.79 Å². The molecule has 2 rings (SSSR count). The summed E-state index contributed by atoms with van der Waals surface area (Å²) >= 11 is -0.0639. The van der Waals surface area contributed by atoms with Crippen LogP contribution in [0.4, 0.5) is 13.2 Å². The first-order valence-corrected chi connectivity index (χ1v) is 8.38. The zero-order valence-electron chi connectivity index (χ0n) is 13.2. The van der Waals surface area contributed by atoms with E-state index in [2.05, 4.69) is 10.3 Å². The molecule has 1 aromatic rings. The maximum absolute atomic E-state index is 12.2. The van der Waals surface area contributed by atoms with E-state index in [0.717, 1.165) is 0 Å². The topological polar surface area (TPSA) is 61.1 Å². The summed E-state index contributed by atoms with van der Waals surface area (Å²) in [6, 6.07) is 3.28. The number of alkyl halides is 3. The van der Waals surface area contributed by atoms with Gasteiger partial charge in [-0.2, -0.15) is 13.2 Å². The van der Waals surface area contributed by atoms with Gasteiger partial charge in [-0.1, -0.05) is 0 Å². The van der Waals surface area contributed by atoms with Crippen molar-refractivity contribution in [2.75, 3.05) is 45.5 Å². The maximum Gasteiger partial charge on any atom is 0.441 e. The summed E-state index contributed by atoms with van der Waals surface area (Å²) in [6.45, 7) is 2.27. The number of halogens is 3. The lowest BCUT2D eigenvalue weighted by Gasteiger charge is -2.36. The number of amides is 1. The van der Waals surface area contributed by atoms with Crippen LogP contribution in [0.15, 0.2) is 27.8 Å². The lowest BCUT2D eigenvalue weighted by molar-refractivity contribution is -0.0327. The lowest BCUT2D eigenvalue weighted by Crippen LogP contribution is -2.54. The number of furan rings is 1. The molecule has 0 saturated carbocycles. The highest BCUT2D eigenvalue weighted by atomic mass is 32.2. The molecule has 10 heteroatoms. The predicted octanol–water partition coefficient (Wildman–Crippen LogP) is 1.87. The Kier molecular flexibility index (Phi) is 6.41. The van der Waals surface area contributed by atoms with Crippen molar-refractivity contribution >= 4 is 23.6 Å². The number of carbonyl (C=O) groups excluding carboxylic acids is 1. The Morgan fingerprint density at radius 1 is 1.33 bits per heavy atom. The number of aliphatic imine (C=N–C) groups is 1. The van der Waals surface area contributed by atoms with E-state index >= 15 is 0 Å². The first-order valence-electron chi connectivity index (χ1n) is 7.40. The maximum atomic E-state index is 12.2. The van der Waals surface area contributed by atoms with Gasteiger partial charge in [0.05, 0.1) is 6.26 Å². The van der Waals surface area contributed by atoms with E-state index in [1.54, 1.807) is 24.1 Å². The van der Waals surface area contributed by atoms with Crippen LogP contribution in [0.5, 0.6) is 0 Å². The van der Waals surface area contributed by atoms with Gasteiger partial charge in [0.25, 0.3) is 5.91 Å². The molecular weight excluding hydrogens is 345 g/mol. The predicted molar refractivity (Wildman–Crippen MR) is 86.1 cm³/mol. The van der Waals surface area contributed by atoms with E-state index in [-0.39, 0.29) is 30.0 Å². The molecule has 1 fully saturated rings. The fourth-order valence-corrected chi connectivity index (χ4v) is 2.77. The molecule has 0 aromatic carbocycles. The van der Waals surface area contributed by atoms with Gasteiger partial charge < -0.3 is 19.5 Å². The van der Waals surface area contributed by atoms with Crippen LogP contribution in [0, 0.1) is 0 Å². The Morgan fingerprint density at radius 3 is 2.54 bits per heavy atom. The molecule has 2 heterocycles. The number of hydrogen-bond donors (Lipinski definition) is 1. The second-order valence-electron chi connectivity index (χ2n) is 5.02. The third-order valence-electron chi connectivity index (χ3n) is 3.46. The van der Waals surface area contributed by atoms with Crippen LogP contribution >= 0.6 is 11.8 Å². The normalized spacial score (nSPS) is 16.4. The van der Waals surface area contributed by atoms with Gasteiger partial charge in [0, 0.05) is 45.5 Å². The van der Waals surface area contributed by atoms with Crippen molar-refractivity contribution in [2.24, 2.45) is 4.99 Å². The van der Waals surface area contributed by atoms with Crippen molar-refractivity contribution in [3.8, 4) is 0 Å². The van der Waals surface area contributed by atoms with E-state index in [1.165, 1.54) is 6.26 Å². The molecule has 1 amide bonds. The molecule has 0 bridgehead atoms. The molecule has 0 unspecified atom stereocenters. The SMILES string of the molecule is CN=C(NCCSC(F)(F)F)N1CCN(C(=O)c2ccco2)CC1. The molecule has 24 heavy (non-hydrogen) atoms. The minimum absolute atomic E-state index is 0.0639. The van der Waals surface area contributed by atoms with Crippen molar-refractivity contribution < 1.29 is 22.4 Å². The summed E-state index contributed by atoms with van der Waals surface area (Å²) in [5, 5.41) is 2.92. The number of hydrogen-bond acceptors (Lipinski definition) is 4. The molecule has 6 nitrogen and oxygen atoms in total. The zero-order valence-corrected chi connectivity index (χ0v) is 14.0. The van der Waals surface area contributed by atoms with Gasteiger partial charge in [-0.25, -0.2) is 0 Å². The number of nitrogens with one attached hydrogen (secondary N) is 1. The Balaban J connectivity index is 1.76. The molecule has 0 radical (unpaired) electrons. The highest BCUT2D eigenvalue weighted by molar-refractivity contribution is 8.00. The summed E-state index contributed by atoms with van der Waals surface area (Å²) in [7, 11) is 1.58. The molecule has 1 saturated heterocycles. The standard InChI is InChI=1S/C14H19F3N4O2S/c1-18-13(19-4-10-24-14(15,16)17)21-7-5-20(6-8-21)12(22)11-3-2-9-23-11/h2-3,9H,4-8,10H2,1H3,(H,18,19). The van der Waals surface area contributed by atoms with Crippen molar-refractivity contribution in [1.82, 2.24) is 15.1 Å². The highest BCUT2D eigenvalue weighted by Crippen LogP contribution is 2.29. The minimum atomic E-state index is -4.22. The van der Waals surface area contributed by atoms with E-state index in [0.29, 0.717) is 37.9 Å². The van der Waals surface area contributed by atoms with Crippen LogP contribution in [-0.4, -0.2) is 72.7 Å². The minimum Gasteiger partial charge on any atom is -0.459 e. The number of guanidine groups is 1. The molecule has 0 aliphatic carbocycles. The summed E-state index contributed by atoms with van der Waals surface area (Å²) < 4.78 is 41.4. The number of thioether (sulfide) groups is 1. The van der Waals surface area contributed by atoms with Crippen LogP contribution in [-0.2, 0) is 0 Å². The fourth-order valence-electron chi connectivity index (χ4n) is 2.34. The summed E-state index contributed by atoms with van der Waals surface area (Å²) in [5.41, 5.74) is -4.22. The van der Waals surface area contributed by atoms with E-state index in [1.807, 2.05) is 4.90 Å². The molecule has 1 N–H and O–H groups in total. The molecule has 1 aromatic heterocycles. The number of piperazine rings is 1. The Hall–Kier alpha value is -1.84. The van der Waals surface area contributed by atoms with Gasteiger partial charge in [0.2, 0.25) is 0 Å². The van der Waals surface area contributed by atoms with Gasteiger partial charge >= 0.3 is 5.51 Å². The molecular formula is C14H19F3N4O2S. The summed E-state index contributed by atoms with van der Waals surface area (Å²) in [6.07, 6.45) is 1.45. The van der Waals surface area contributed by atoms with Gasteiger partial charge in [0.1, 0.15) is 0 Å². The number of carbonyl (C=O) groups is 1. The van der Waals surface area contributed by atoms with E-state index < -0.39 is 5.51 Å². The van der Waals surface area contributed by atoms with Crippen molar-refractivity contribution in [3.05, 3.63) is 24.2 Å². The quantitative estimate of drug-likeness (QED) is 0.502. The highest BCUT2D eigenvalue weighted by Gasteiger charge is 2.28. The zero-order chi connectivity index (χ0) is 17.6. The van der Waals surface area contributed by atoms with Crippen LogP contribution in [0.2, 0.25) is 0 Å². The average Bonchev–Trinajstić information content (AvgIpc) is 3.08. The first kappa shape index (κ1) is 18.5. The fraction of sp³-hybridized carbons (Fsp3) is 0.571. The van der Waals surface area contributed by atoms with Crippen LogP contribution in [0.1, 0.15) is 10.6 Å². The molecule has 0 spiro atoms. The summed E-state index contributed by atoms with van der Waals surface area (Å²) in [4.78, 5) is 19.9.